The molecule has 14 heteroatoms. The molecule has 57 heavy (non-hydrogen) atoms. The van der Waals surface area contributed by atoms with E-state index < -0.39 is 13.7 Å². The van der Waals surface area contributed by atoms with E-state index in [1.807, 2.05) is 68.9 Å². The molecule has 13 nitrogen and oxygen atoms in total. The van der Waals surface area contributed by atoms with E-state index in [1.165, 1.54) is 0 Å². The quantitative estimate of drug-likeness (QED) is 0.0730. The van der Waals surface area contributed by atoms with E-state index in [-0.39, 0.29) is 18.2 Å². The second-order valence-corrected chi connectivity index (χ2v) is 23.3. The maximum atomic E-state index is 13.5. The van der Waals surface area contributed by atoms with Crippen molar-refractivity contribution in [3.63, 3.8) is 0 Å². The van der Waals surface area contributed by atoms with Gasteiger partial charge in [0.1, 0.15) is 17.7 Å². The average molecular weight is 797 g/mol. The molecule has 1 aliphatic carbocycles. The van der Waals surface area contributed by atoms with Crippen molar-refractivity contribution in [3.8, 4) is 5.75 Å². The molecule has 0 saturated carbocycles. The van der Waals surface area contributed by atoms with Gasteiger partial charge in [-0.3, -0.25) is 14.4 Å². The fourth-order valence-corrected chi connectivity index (χ4v) is 14.3. The van der Waals surface area contributed by atoms with Crippen LogP contribution in [0.25, 0.3) is 5.65 Å². The molecule has 6 rings (SSSR count). The molecule has 1 aromatic carbocycles. The third kappa shape index (κ3) is 9.55. The van der Waals surface area contributed by atoms with Crippen LogP contribution < -0.4 is 25.6 Å². The second-order valence-electron chi connectivity index (χ2n) is 17.9. The van der Waals surface area contributed by atoms with Gasteiger partial charge in [-0.1, -0.05) is 86.6 Å². The van der Waals surface area contributed by atoms with Crippen LogP contribution >= 0.6 is 0 Å². The van der Waals surface area contributed by atoms with E-state index in [2.05, 4.69) is 89.8 Å². The summed E-state index contributed by atoms with van der Waals surface area (Å²) < 4.78 is 17.4. The van der Waals surface area contributed by atoms with Gasteiger partial charge in [0.25, 0.3) is 0 Å². The standard InChI is InChI=1S/C43H64N10O3Si/c1-28(2)57(29(3)4,30(5)6)55-27-31-19-21-52(22-20-31)42-50-49-40-18-15-33(26-53(40)42)56-37-17-16-36(34-13-11-12-14-35(34)37)47-41(54)48-39(23-38(44)43(7,8)9)46-32-24-45-51(10)25-32/h11-15,18,23-26,28-31,36-37,44,46H,16-17,19-22,27H2,1-10H3,(H2,47,48,54)/b39-23+,44-38?/t36?,37-/m1/s1. The summed E-state index contributed by atoms with van der Waals surface area (Å²) >= 11 is 0. The first-order valence-electron chi connectivity index (χ1n) is 20.7. The summed E-state index contributed by atoms with van der Waals surface area (Å²) in [6.07, 6.45) is 10.5. The molecule has 1 fully saturated rings. The van der Waals surface area contributed by atoms with Crippen molar-refractivity contribution in [2.24, 2.45) is 18.4 Å². The molecule has 4 aromatic rings. The first-order valence-corrected chi connectivity index (χ1v) is 22.8. The lowest BCUT2D eigenvalue weighted by Crippen LogP contribution is -2.49. The summed E-state index contributed by atoms with van der Waals surface area (Å²) in [5.41, 5.74) is 5.29. The number of allylic oxidation sites excluding steroid dienone is 1. The number of aromatic nitrogens is 5. The third-order valence-electron chi connectivity index (χ3n) is 11.9. The zero-order valence-electron chi connectivity index (χ0n) is 35.6. The monoisotopic (exact) mass is 796 g/mol. The fourth-order valence-electron chi connectivity index (χ4n) is 8.82. The van der Waals surface area contributed by atoms with Crippen LogP contribution in [0.2, 0.25) is 16.6 Å². The molecule has 1 saturated heterocycles. The molecule has 0 bridgehead atoms. The van der Waals surface area contributed by atoms with Gasteiger partial charge in [0.2, 0.25) is 5.95 Å². The van der Waals surface area contributed by atoms with Crippen molar-refractivity contribution < 1.29 is 14.0 Å². The summed E-state index contributed by atoms with van der Waals surface area (Å²) in [5, 5.41) is 31.3. The number of aryl methyl sites for hydroxylation is 1. The highest BCUT2D eigenvalue weighted by Gasteiger charge is 2.45. The number of rotatable bonds is 14. The van der Waals surface area contributed by atoms with E-state index in [0.29, 0.717) is 52.6 Å². The lowest BCUT2D eigenvalue weighted by atomic mass is 9.85. The van der Waals surface area contributed by atoms with Gasteiger partial charge in [0.05, 0.1) is 24.1 Å². The Bertz CT molecular complexity index is 2020. The molecule has 308 valence electrons. The molecule has 1 unspecified atom stereocenters. The smallest absolute Gasteiger partial charge is 0.320 e. The van der Waals surface area contributed by atoms with Crippen molar-refractivity contribution in [1.29, 1.82) is 5.41 Å². The van der Waals surface area contributed by atoms with Crippen molar-refractivity contribution in [2.75, 3.05) is 29.9 Å². The number of carbonyl (C=O) groups excluding carboxylic acids is 1. The van der Waals surface area contributed by atoms with Gasteiger partial charge in [-0.15, -0.1) is 10.2 Å². The van der Waals surface area contributed by atoms with Crippen LogP contribution in [0.15, 0.2) is 66.9 Å². The highest BCUT2D eigenvalue weighted by atomic mass is 28.4. The summed E-state index contributed by atoms with van der Waals surface area (Å²) in [7, 11) is -0.0663. The predicted octanol–water partition coefficient (Wildman–Crippen LogP) is 9.14. The van der Waals surface area contributed by atoms with Crippen molar-refractivity contribution in [3.05, 3.63) is 78.0 Å². The number of piperidine rings is 1. The van der Waals surface area contributed by atoms with Gasteiger partial charge in [-0.05, 0) is 71.5 Å². The Morgan fingerprint density at radius 3 is 2.26 bits per heavy atom. The summed E-state index contributed by atoms with van der Waals surface area (Å²) in [5.74, 6) is 2.53. The highest BCUT2D eigenvalue weighted by molar-refractivity contribution is 6.77. The van der Waals surface area contributed by atoms with Crippen molar-refractivity contribution in [2.45, 2.75) is 117 Å². The van der Waals surface area contributed by atoms with Crippen LogP contribution in [-0.4, -0.2) is 64.1 Å². The topological polar surface area (TPSA) is 147 Å². The Balaban J connectivity index is 1.10. The lowest BCUT2D eigenvalue weighted by Gasteiger charge is -2.43. The van der Waals surface area contributed by atoms with E-state index in [1.54, 1.807) is 17.0 Å². The van der Waals surface area contributed by atoms with E-state index in [0.717, 1.165) is 61.0 Å². The van der Waals surface area contributed by atoms with Crippen LogP contribution in [0, 0.1) is 16.7 Å². The number of anilines is 2. The Morgan fingerprint density at radius 2 is 1.63 bits per heavy atom. The third-order valence-corrected chi connectivity index (χ3v) is 18.0. The van der Waals surface area contributed by atoms with Crippen LogP contribution in [0.3, 0.4) is 0 Å². The summed E-state index contributed by atoms with van der Waals surface area (Å²) in [6.45, 7) is 22.7. The minimum Gasteiger partial charge on any atom is -0.484 e. The Labute approximate surface area is 339 Å². The maximum absolute atomic E-state index is 13.5. The molecule has 2 atom stereocenters. The number of ether oxygens (including phenoxy) is 1. The zero-order chi connectivity index (χ0) is 41.1. The first kappa shape index (κ1) is 41.9. The van der Waals surface area contributed by atoms with Crippen LogP contribution in [0.4, 0.5) is 16.4 Å². The Morgan fingerprint density at radius 1 is 0.947 bits per heavy atom. The molecule has 4 N–H and O–H groups in total. The Hall–Kier alpha value is -4.69. The minimum atomic E-state index is -1.89. The number of nitrogens with one attached hydrogen (secondary N) is 4. The summed E-state index contributed by atoms with van der Waals surface area (Å²) in [4.78, 5) is 15.8. The van der Waals surface area contributed by atoms with E-state index >= 15 is 0 Å². The zero-order valence-corrected chi connectivity index (χ0v) is 36.6. The molecule has 1 aliphatic heterocycles. The van der Waals surface area contributed by atoms with Gasteiger partial charge in [-0.25, -0.2) is 4.79 Å². The number of fused-ring (bicyclic) bond motifs is 2. The fraction of sp³-hybridized carbons (Fsp3) is 0.558. The largest absolute Gasteiger partial charge is 0.484 e. The molecular weight excluding hydrogens is 733 g/mol. The van der Waals surface area contributed by atoms with Crippen LogP contribution in [0.1, 0.15) is 111 Å². The molecule has 4 heterocycles. The molecule has 0 spiro atoms. The molecule has 2 amide bonds. The van der Waals surface area contributed by atoms with Crippen LogP contribution in [0.5, 0.6) is 5.75 Å². The molecule has 0 radical (unpaired) electrons. The molecule has 2 aliphatic rings. The van der Waals surface area contributed by atoms with E-state index in [9.17, 15) is 4.79 Å². The molecule has 3 aromatic heterocycles. The van der Waals surface area contributed by atoms with Crippen molar-refractivity contribution in [1.82, 2.24) is 35.0 Å². The van der Waals surface area contributed by atoms with E-state index in [4.69, 9.17) is 14.6 Å². The Kier molecular flexibility index (Phi) is 12.8. The number of hydrogen-bond acceptors (Lipinski definition) is 9. The number of amides is 2. The maximum Gasteiger partial charge on any atom is 0.320 e. The van der Waals surface area contributed by atoms with Gasteiger partial charge in [0.15, 0.2) is 14.0 Å². The van der Waals surface area contributed by atoms with Gasteiger partial charge in [0, 0.05) is 50.1 Å². The van der Waals surface area contributed by atoms with Gasteiger partial charge >= 0.3 is 6.03 Å². The second kappa shape index (κ2) is 17.4. The minimum absolute atomic E-state index is 0.191. The number of carbonyl (C=O) groups is 1. The number of hydrogen-bond donors (Lipinski definition) is 4. The lowest BCUT2D eigenvalue weighted by molar-refractivity contribution is 0.171. The van der Waals surface area contributed by atoms with Crippen LogP contribution in [-0.2, 0) is 11.5 Å². The molecular formula is C43H64N10O3Si. The SMILES string of the molecule is CC(C)[Si](OCC1CCN(c2nnc3ccc(O[C@@H]4CCC(NC(=O)N/C(=C/C(=N)C(C)(C)C)Nc5cnn(C)c5)c5ccccc54)cn23)CC1)(C(C)C)C(C)C. The number of pyridine rings is 1. The normalized spacial score (nSPS) is 18.3. The number of benzene rings is 1. The van der Waals surface area contributed by atoms with Gasteiger partial charge < -0.3 is 30.1 Å². The van der Waals surface area contributed by atoms with Gasteiger partial charge in [-0.2, -0.15) is 5.10 Å². The number of nitrogens with zero attached hydrogens (tertiary/aromatic N) is 6. The first-order chi connectivity index (χ1) is 27.0. The predicted molar refractivity (Wildman–Crippen MR) is 230 cm³/mol. The van der Waals surface area contributed by atoms with Crippen molar-refractivity contribution >= 4 is 37.3 Å². The highest BCUT2D eigenvalue weighted by Crippen LogP contribution is 2.43. The number of urea groups is 1. The summed E-state index contributed by atoms with van der Waals surface area (Å²) in [6, 6.07) is 11.5. The average Bonchev–Trinajstić information content (AvgIpc) is 3.77.